The number of amides is 1. The number of aromatic nitrogens is 2. The molecule has 3 N–H and O–H groups in total. The molecule has 0 aliphatic carbocycles. The van der Waals surface area contributed by atoms with E-state index < -0.39 is 15.9 Å². The second-order valence-electron chi connectivity index (χ2n) is 6.74. The van der Waals surface area contributed by atoms with Crippen LogP contribution in [-0.2, 0) is 10.0 Å². The van der Waals surface area contributed by atoms with Gasteiger partial charge in [-0.15, -0.1) is 0 Å². The molecule has 2 aromatic carbocycles. The van der Waals surface area contributed by atoms with E-state index in [1.807, 2.05) is 0 Å². The molecule has 0 atom stereocenters. The summed E-state index contributed by atoms with van der Waals surface area (Å²) in [7, 11) is -2.36. The zero-order valence-corrected chi connectivity index (χ0v) is 19.2. The van der Waals surface area contributed by atoms with E-state index in [4.69, 9.17) is 17.0 Å². The lowest BCUT2D eigenvalue weighted by Gasteiger charge is -2.11. The Labute approximate surface area is 191 Å². The summed E-state index contributed by atoms with van der Waals surface area (Å²) in [5.74, 6) is 0.150. The Hall–Kier alpha value is -3.57. The lowest BCUT2D eigenvalue weighted by Crippen LogP contribution is -2.34. The molecule has 0 radical (unpaired) electrons. The third-order valence-electron chi connectivity index (χ3n) is 4.19. The highest BCUT2D eigenvalue weighted by atomic mass is 32.2. The van der Waals surface area contributed by atoms with E-state index in [1.54, 1.807) is 44.2 Å². The smallest absolute Gasteiger partial charge is 0.264 e. The molecule has 3 aromatic rings. The number of rotatable bonds is 6. The van der Waals surface area contributed by atoms with Gasteiger partial charge in [0, 0.05) is 22.6 Å². The van der Waals surface area contributed by atoms with Crippen molar-refractivity contribution in [3.63, 3.8) is 0 Å². The fourth-order valence-electron chi connectivity index (χ4n) is 2.77. The zero-order valence-electron chi connectivity index (χ0n) is 17.5. The Bertz CT molecular complexity index is 1240. The monoisotopic (exact) mass is 471 g/mol. The number of ether oxygens (including phenoxy) is 1. The Morgan fingerprint density at radius 3 is 2.28 bits per heavy atom. The summed E-state index contributed by atoms with van der Waals surface area (Å²) in [6.45, 7) is 3.51. The maximum Gasteiger partial charge on any atom is 0.264 e. The molecule has 1 heterocycles. The van der Waals surface area contributed by atoms with Crippen LogP contribution in [0.25, 0.3) is 0 Å². The minimum Gasteiger partial charge on any atom is -0.497 e. The van der Waals surface area contributed by atoms with E-state index in [0.717, 1.165) is 0 Å². The Morgan fingerprint density at radius 1 is 1.00 bits per heavy atom. The SMILES string of the molecule is COc1cccc(C(=O)NC(=S)Nc2ccc(S(=O)(=O)Nc3nc(C)cc(C)n3)cc2)c1. The highest BCUT2D eigenvalue weighted by molar-refractivity contribution is 7.92. The highest BCUT2D eigenvalue weighted by Gasteiger charge is 2.16. The first-order chi connectivity index (χ1) is 15.2. The number of sulfonamides is 1. The summed E-state index contributed by atoms with van der Waals surface area (Å²) in [6, 6.07) is 14.2. The van der Waals surface area contributed by atoms with Crippen molar-refractivity contribution in [1.29, 1.82) is 0 Å². The minimum absolute atomic E-state index is 0.00568. The molecule has 9 nitrogen and oxygen atoms in total. The summed E-state index contributed by atoms with van der Waals surface area (Å²) < 4.78 is 32.7. The molecule has 1 aromatic heterocycles. The summed E-state index contributed by atoms with van der Waals surface area (Å²) in [6.07, 6.45) is 0. The number of carbonyl (C=O) groups is 1. The van der Waals surface area contributed by atoms with Gasteiger partial charge in [0.15, 0.2) is 5.11 Å². The first kappa shape index (κ1) is 23.1. The van der Waals surface area contributed by atoms with E-state index in [1.165, 1.54) is 31.4 Å². The van der Waals surface area contributed by atoms with Crippen LogP contribution in [-0.4, -0.2) is 36.5 Å². The molecular formula is C21H21N5O4S2. The average molecular weight is 472 g/mol. The average Bonchev–Trinajstić information content (AvgIpc) is 2.73. The van der Waals surface area contributed by atoms with Crippen LogP contribution < -0.4 is 20.1 Å². The Morgan fingerprint density at radius 2 is 1.66 bits per heavy atom. The molecule has 0 aliphatic rings. The molecule has 0 fully saturated rings. The van der Waals surface area contributed by atoms with Gasteiger partial charge in [-0.1, -0.05) is 6.07 Å². The van der Waals surface area contributed by atoms with E-state index in [0.29, 0.717) is 28.4 Å². The Kier molecular flexibility index (Phi) is 7.01. The second kappa shape index (κ2) is 9.71. The topological polar surface area (TPSA) is 122 Å². The van der Waals surface area contributed by atoms with Gasteiger partial charge in [-0.2, -0.15) is 0 Å². The van der Waals surface area contributed by atoms with Crippen LogP contribution in [0.4, 0.5) is 11.6 Å². The van der Waals surface area contributed by atoms with Gasteiger partial charge in [0.1, 0.15) is 5.75 Å². The van der Waals surface area contributed by atoms with Crippen molar-refractivity contribution in [1.82, 2.24) is 15.3 Å². The lowest BCUT2D eigenvalue weighted by molar-refractivity contribution is 0.0977. The first-order valence-electron chi connectivity index (χ1n) is 9.38. The summed E-state index contributed by atoms with van der Waals surface area (Å²) in [5.41, 5.74) is 2.19. The molecular weight excluding hydrogens is 450 g/mol. The number of anilines is 2. The van der Waals surface area contributed by atoms with Crippen molar-refractivity contribution in [2.24, 2.45) is 0 Å². The molecule has 0 spiro atoms. The van der Waals surface area contributed by atoms with Crippen LogP contribution in [0.3, 0.4) is 0 Å². The highest BCUT2D eigenvalue weighted by Crippen LogP contribution is 2.17. The number of benzene rings is 2. The predicted molar refractivity (Wildman–Crippen MR) is 125 cm³/mol. The first-order valence-corrected chi connectivity index (χ1v) is 11.3. The van der Waals surface area contributed by atoms with Crippen LogP contribution in [0.2, 0.25) is 0 Å². The van der Waals surface area contributed by atoms with Crippen molar-refractivity contribution in [2.75, 3.05) is 17.1 Å². The summed E-state index contributed by atoms with van der Waals surface area (Å²) >= 11 is 5.17. The number of nitrogens with zero attached hydrogens (tertiary/aromatic N) is 2. The van der Waals surface area contributed by atoms with Gasteiger partial charge < -0.3 is 10.1 Å². The molecule has 0 unspecified atom stereocenters. The molecule has 1 amide bonds. The van der Waals surface area contributed by atoms with Gasteiger partial charge in [-0.25, -0.2) is 23.1 Å². The number of hydrogen-bond donors (Lipinski definition) is 3. The molecule has 32 heavy (non-hydrogen) atoms. The number of hydrogen-bond acceptors (Lipinski definition) is 7. The Balaban J connectivity index is 1.64. The number of nitrogens with one attached hydrogen (secondary N) is 3. The van der Waals surface area contributed by atoms with Crippen molar-refractivity contribution in [3.8, 4) is 5.75 Å². The van der Waals surface area contributed by atoms with E-state index in [9.17, 15) is 13.2 Å². The third-order valence-corrected chi connectivity index (χ3v) is 5.74. The van der Waals surface area contributed by atoms with Crippen LogP contribution in [0.5, 0.6) is 5.75 Å². The number of methoxy groups -OCH3 is 1. The largest absolute Gasteiger partial charge is 0.497 e. The van der Waals surface area contributed by atoms with Crippen LogP contribution >= 0.6 is 12.2 Å². The van der Waals surface area contributed by atoms with Gasteiger partial charge >= 0.3 is 0 Å². The second-order valence-corrected chi connectivity index (χ2v) is 8.84. The van der Waals surface area contributed by atoms with Crippen molar-refractivity contribution in [3.05, 3.63) is 71.5 Å². The van der Waals surface area contributed by atoms with E-state index >= 15 is 0 Å². The van der Waals surface area contributed by atoms with Crippen molar-refractivity contribution < 1.29 is 17.9 Å². The van der Waals surface area contributed by atoms with Crippen LogP contribution in [0.1, 0.15) is 21.7 Å². The lowest BCUT2D eigenvalue weighted by atomic mass is 10.2. The fourth-order valence-corrected chi connectivity index (χ4v) is 3.92. The standard InChI is InChI=1S/C21H21N5O4S2/c1-13-11-14(2)23-20(22-13)26-32(28,29)18-9-7-16(8-10-18)24-21(31)25-19(27)15-5-4-6-17(12-15)30-3/h4-12H,1-3H3,(H,22,23,26)(H2,24,25,27,31). The molecule has 0 bridgehead atoms. The van der Waals surface area contributed by atoms with E-state index in [-0.39, 0.29) is 16.0 Å². The number of thiocarbonyl (C=S) groups is 1. The number of aryl methyl sites for hydroxylation is 2. The van der Waals surface area contributed by atoms with Gasteiger partial charge in [0.2, 0.25) is 5.95 Å². The van der Waals surface area contributed by atoms with Crippen molar-refractivity contribution in [2.45, 2.75) is 18.7 Å². The number of carbonyl (C=O) groups excluding carboxylic acids is 1. The third kappa shape index (κ3) is 5.99. The normalized spacial score (nSPS) is 10.8. The molecule has 0 saturated heterocycles. The van der Waals surface area contributed by atoms with Crippen LogP contribution in [0.15, 0.2) is 59.5 Å². The van der Waals surface area contributed by atoms with E-state index in [2.05, 4.69) is 25.3 Å². The molecule has 166 valence electrons. The van der Waals surface area contributed by atoms with Crippen molar-refractivity contribution >= 4 is 44.9 Å². The molecule has 3 rings (SSSR count). The zero-order chi connectivity index (χ0) is 23.3. The van der Waals surface area contributed by atoms with Crippen LogP contribution in [0, 0.1) is 13.8 Å². The molecule has 0 saturated carbocycles. The maximum atomic E-state index is 12.6. The quantitative estimate of drug-likeness (QED) is 0.469. The summed E-state index contributed by atoms with van der Waals surface area (Å²) in [5, 5.41) is 5.47. The van der Waals surface area contributed by atoms with Gasteiger partial charge in [-0.3, -0.25) is 10.1 Å². The van der Waals surface area contributed by atoms with Gasteiger partial charge in [0.25, 0.3) is 15.9 Å². The molecule has 0 aliphatic heterocycles. The minimum atomic E-state index is -3.87. The fraction of sp³-hybridized carbons (Fsp3) is 0.143. The molecule has 11 heteroatoms. The maximum absolute atomic E-state index is 12.6. The predicted octanol–water partition coefficient (Wildman–Crippen LogP) is 3.03. The van der Waals surface area contributed by atoms with Gasteiger partial charge in [-0.05, 0) is 74.6 Å². The summed E-state index contributed by atoms with van der Waals surface area (Å²) in [4.78, 5) is 20.5. The van der Waals surface area contributed by atoms with Gasteiger partial charge in [0.05, 0.1) is 12.0 Å².